The van der Waals surface area contributed by atoms with Gasteiger partial charge in [-0.1, -0.05) is 23.8 Å². The fraction of sp³-hybridized carbons (Fsp3) is 0.286. The number of fused-ring (bicyclic) bond motifs is 1. The first-order valence-corrected chi connectivity index (χ1v) is 8.56. The van der Waals surface area contributed by atoms with Crippen LogP contribution in [0.2, 0.25) is 0 Å². The third-order valence-corrected chi connectivity index (χ3v) is 4.54. The van der Waals surface area contributed by atoms with Crippen molar-refractivity contribution in [1.29, 1.82) is 0 Å². The molecule has 1 heterocycles. The number of carbonyl (C=O) groups excluding carboxylic acids is 1. The first-order valence-electron chi connectivity index (χ1n) is 8.56. The third kappa shape index (κ3) is 4.09. The molecule has 130 valence electrons. The Morgan fingerprint density at radius 3 is 2.88 bits per heavy atom. The Morgan fingerprint density at radius 2 is 2.08 bits per heavy atom. The summed E-state index contributed by atoms with van der Waals surface area (Å²) >= 11 is 0. The molecule has 3 rings (SSSR count). The molecule has 0 fully saturated rings. The zero-order valence-electron chi connectivity index (χ0n) is 14.9. The van der Waals surface area contributed by atoms with Gasteiger partial charge in [0.1, 0.15) is 0 Å². The van der Waals surface area contributed by atoms with Crippen molar-refractivity contribution in [2.75, 3.05) is 12.4 Å². The molecule has 0 saturated carbocycles. The van der Waals surface area contributed by atoms with Crippen molar-refractivity contribution in [3.8, 4) is 0 Å². The number of aromatic amines is 1. The van der Waals surface area contributed by atoms with Crippen LogP contribution in [0.1, 0.15) is 36.1 Å². The van der Waals surface area contributed by atoms with E-state index < -0.39 is 0 Å². The number of benzene rings is 2. The number of rotatable bonds is 6. The average molecular weight is 336 g/mol. The molecule has 1 amide bonds. The summed E-state index contributed by atoms with van der Waals surface area (Å²) in [4.78, 5) is 15.6. The van der Waals surface area contributed by atoms with Crippen LogP contribution in [0.15, 0.2) is 48.7 Å². The van der Waals surface area contributed by atoms with E-state index in [0.29, 0.717) is 12.8 Å². The molecule has 1 aromatic heterocycles. The van der Waals surface area contributed by atoms with E-state index in [0.717, 1.165) is 16.8 Å². The van der Waals surface area contributed by atoms with Crippen LogP contribution in [0.4, 0.5) is 5.69 Å². The molecule has 4 heteroatoms. The second-order valence-corrected chi connectivity index (χ2v) is 6.41. The quantitative estimate of drug-likeness (QED) is 0.682. The minimum atomic E-state index is 0.00584. The van der Waals surface area contributed by atoms with Gasteiger partial charge in [-0.2, -0.15) is 0 Å². The lowest BCUT2D eigenvalue weighted by molar-refractivity contribution is -0.116. The molecular formula is C21H24N2O2. The van der Waals surface area contributed by atoms with Gasteiger partial charge in [0.2, 0.25) is 5.91 Å². The van der Waals surface area contributed by atoms with Crippen molar-refractivity contribution in [2.24, 2.45) is 0 Å². The standard InChI is InChI=1S/C21H24N2O2/c1-14-7-9-20-19(11-14)17(13-22-20)8-10-21(24)23-18-6-4-5-16(12-18)15(2)25-3/h4-7,9,11-13,15,22H,8,10H2,1-3H3,(H,23,24). The summed E-state index contributed by atoms with van der Waals surface area (Å²) in [6.07, 6.45) is 3.17. The van der Waals surface area contributed by atoms with Crippen LogP contribution in [0.3, 0.4) is 0 Å². The van der Waals surface area contributed by atoms with Crippen molar-refractivity contribution in [3.63, 3.8) is 0 Å². The number of methoxy groups -OCH3 is 1. The summed E-state index contributed by atoms with van der Waals surface area (Å²) < 4.78 is 5.33. The van der Waals surface area contributed by atoms with E-state index in [4.69, 9.17) is 4.74 Å². The van der Waals surface area contributed by atoms with E-state index in [1.54, 1.807) is 7.11 Å². The van der Waals surface area contributed by atoms with E-state index in [1.165, 1.54) is 16.5 Å². The van der Waals surface area contributed by atoms with Gasteiger partial charge in [0, 0.05) is 36.3 Å². The Bertz CT molecular complexity index is 882. The van der Waals surface area contributed by atoms with Gasteiger partial charge in [0.05, 0.1) is 6.10 Å². The number of anilines is 1. The maximum Gasteiger partial charge on any atom is 0.224 e. The van der Waals surface area contributed by atoms with Crippen LogP contribution < -0.4 is 5.32 Å². The van der Waals surface area contributed by atoms with Gasteiger partial charge in [-0.3, -0.25) is 4.79 Å². The van der Waals surface area contributed by atoms with E-state index in [1.807, 2.05) is 37.4 Å². The number of hydrogen-bond donors (Lipinski definition) is 2. The smallest absolute Gasteiger partial charge is 0.224 e. The number of aryl methyl sites for hydroxylation is 2. The molecule has 1 unspecified atom stereocenters. The predicted octanol–water partition coefficient (Wildman–Crippen LogP) is 4.76. The second kappa shape index (κ2) is 7.53. The van der Waals surface area contributed by atoms with Crippen molar-refractivity contribution >= 4 is 22.5 Å². The van der Waals surface area contributed by atoms with Crippen molar-refractivity contribution in [2.45, 2.75) is 32.8 Å². The number of hydrogen-bond acceptors (Lipinski definition) is 2. The molecule has 4 nitrogen and oxygen atoms in total. The molecule has 25 heavy (non-hydrogen) atoms. The minimum Gasteiger partial charge on any atom is -0.377 e. The number of nitrogens with one attached hydrogen (secondary N) is 2. The van der Waals surface area contributed by atoms with Gasteiger partial charge < -0.3 is 15.0 Å². The monoisotopic (exact) mass is 336 g/mol. The number of ether oxygens (including phenoxy) is 1. The summed E-state index contributed by atoms with van der Waals surface area (Å²) in [7, 11) is 1.68. The van der Waals surface area contributed by atoms with E-state index in [2.05, 4.69) is 35.4 Å². The molecule has 0 aliphatic heterocycles. The highest BCUT2D eigenvalue weighted by atomic mass is 16.5. The van der Waals surface area contributed by atoms with Crippen molar-refractivity contribution in [3.05, 3.63) is 65.4 Å². The maximum atomic E-state index is 12.3. The summed E-state index contributed by atoms with van der Waals surface area (Å²) in [5, 5.41) is 4.18. The highest BCUT2D eigenvalue weighted by Gasteiger charge is 2.09. The van der Waals surface area contributed by atoms with E-state index in [-0.39, 0.29) is 12.0 Å². The van der Waals surface area contributed by atoms with Gasteiger partial charge in [-0.25, -0.2) is 0 Å². The van der Waals surface area contributed by atoms with Gasteiger partial charge in [0.25, 0.3) is 0 Å². The summed E-state index contributed by atoms with van der Waals surface area (Å²) in [6.45, 7) is 4.07. The number of carbonyl (C=O) groups is 1. The van der Waals surface area contributed by atoms with Gasteiger partial charge in [-0.15, -0.1) is 0 Å². The molecule has 0 radical (unpaired) electrons. The van der Waals surface area contributed by atoms with Crippen LogP contribution >= 0.6 is 0 Å². The van der Waals surface area contributed by atoms with Crippen LogP contribution in [0.5, 0.6) is 0 Å². The topological polar surface area (TPSA) is 54.1 Å². The van der Waals surface area contributed by atoms with Crippen LogP contribution in [-0.4, -0.2) is 18.0 Å². The van der Waals surface area contributed by atoms with Crippen LogP contribution in [0.25, 0.3) is 10.9 Å². The van der Waals surface area contributed by atoms with E-state index in [9.17, 15) is 4.79 Å². The Morgan fingerprint density at radius 1 is 1.24 bits per heavy atom. The summed E-state index contributed by atoms with van der Waals surface area (Å²) in [5.41, 5.74) is 5.37. The Hall–Kier alpha value is -2.59. The highest BCUT2D eigenvalue weighted by Crippen LogP contribution is 2.22. The molecule has 0 aliphatic carbocycles. The zero-order valence-corrected chi connectivity index (χ0v) is 14.9. The first-order chi connectivity index (χ1) is 12.1. The average Bonchev–Trinajstić information content (AvgIpc) is 3.01. The molecule has 0 saturated heterocycles. The predicted molar refractivity (Wildman–Crippen MR) is 102 cm³/mol. The third-order valence-electron chi connectivity index (χ3n) is 4.54. The molecule has 2 aromatic carbocycles. The lowest BCUT2D eigenvalue weighted by Gasteiger charge is -2.12. The Kier molecular flexibility index (Phi) is 5.19. The molecule has 0 aliphatic rings. The first kappa shape index (κ1) is 17.2. The molecule has 1 atom stereocenters. The fourth-order valence-electron chi connectivity index (χ4n) is 2.98. The normalized spacial score (nSPS) is 12.3. The SMILES string of the molecule is COC(C)c1cccc(NC(=O)CCc2c[nH]c3ccc(C)cc23)c1. The molecule has 0 spiro atoms. The van der Waals surface area contributed by atoms with E-state index >= 15 is 0 Å². The lowest BCUT2D eigenvalue weighted by atomic mass is 10.1. The largest absolute Gasteiger partial charge is 0.377 e. The van der Waals surface area contributed by atoms with Crippen molar-refractivity contribution in [1.82, 2.24) is 4.98 Å². The van der Waals surface area contributed by atoms with Crippen LogP contribution in [0, 0.1) is 6.92 Å². The summed E-state index contributed by atoms with van der Waals surface area (Å²) in [5.74, 6) is 0.0178. The molecule has 3 aromatic rings. The Labute approximate surface area is 148 Å². The van der Waals surface area contributed by atoms with Gasteiger partial charge >= 0.3 is 0 Å². The number of H-pyrrole nitrogens is 1. The minimum absolute atomic E-state index is 0.00584. The Balaban J connectivity index is 1.64. The molecule has 0 bridgehead atoms. The lowest BCUT2D eigenvalue weighted by Crippen LogP contribution is -2.12. The molecular weight excluding hydrogens is 312 g/mol. The fourth-order valence-corrected chi connectivity index (χ4v) is 2.98. The van der Waals surface area contributed by atoms with Crippen LogP contribution in [-0.2, 0) is 16.0 Å². The van der Waals surface area contributed by atoms with Gasteiger partial charge in [-0.05, 0) is 55.7 Å². The highest BCUT2D eigenvalue weighted by molar-refractivity contribution is 5.91. The van der Waals surface area contributed by atoms with Crippen molar-refractivity contribution < 1.29 is 9.53 Å². The zero-order chi connectivity index (χ0) is 17.8. The molecule has 2 N–H and O–H groups in total. The second-order valence-electron chi connectivity index (χ2n) is 6.41. The maximum absolute atomic E-state index is 12.3. The number of amides is 1. The summed E-state index contributed by atoms with van der Waals surface area (Å²) in [6, 6.07) is 14.1. The van der Waals surface area contributed by atoms with Gasteiger partial charge in [0.15, 0.2) is 0 Å². The number of aromatic nitrogens is 1.